The Morgan fingerprint density at radius 1 is 1.20 bits per heavy atom. The second-order valence-electron chi connectivity index (χ2n) is 3.46. The van der Waals surface area contributed by atoms with E-state index in [0.717, 1.165) is 11.1 Å². The minimum atomic E-state index is 0.338. The number of benzene rings is 1. The second kappa shape index (κ2) is 3.96. The molecule has 0 heterocycles. The zero-order valence-corrected chi connectivity index (χ0v) is 8.75. The SMILES string of the molecule is C=C(N)/C(N)=C\c1cc(N)c(N)cc1C. The van der Waals surface area contributed by atoms with Crippen LogP contribution in [0.5, 0.6) is 0 Å². The number of hydrogen-bond donors (Lipinski definition) is 4. The summed E-state index contributed by atoms with van der Waals surface area (Å²) in [4.78, 5) is 0. The van der Waals surface area contributed by atoms with E-state index < -0.39 is 0 Å². The number of nitrogens with two attached hydrogens (primary N) is 4. The van der Waals surface area contributed by atoms with Crippen LogP contribution in [-0.4, -0.2) is 0 Å². The van der Waals surface area contributed by atoms with Crippen molar-refractivity contribution in [3.05, 3.63) is 41.2 Å². The Morgan fingerprint density at radius 3 is 2.27 bits per heavy atom. The molecule has 0 atom stereocenters. The highest BCUT2D eigenvalue weighted by Gasteiger charge is 2.01. The number of nitrogen functional groups attached to an aromatic ring is 2. The van der Waals surface area contributed by atoms with Crippen molar-refractivity contribution in [1.29, 1.82) is 0 Å². The van der Waals surface area contributed by atoms with Crippen LogP contribution in [0, 0.1) is 6.92 Å². The normalized spacial score (nSPS) is 11.4. The number of anilines is 2. The number of hydrogen-bond acceptors (Lipinski definition) is 4. The summed E-state index contributed by atoms with van der Waals surface area (Å²) >= 11 is 0. The van der Waals surface area contributed by atoms with Gasteiger partial charge in [0, 0.05) is 5.70 Å². The van der Waals surface area contributed by atoms with Gasteiger partial charge in [0.05, 0.1) is 17.1 Å². The van der Waals surface area contributed by atoms with Crippen molar-refractivity contribution < 1.29 is 0 Å². The van der Waals surface area contributed by atoms with Gasteiger partial charge in [0.2, 0.25) is 0 Å². The molecule has 4 heteroatoms. The van der Waals surface area contributed by atoms with Crippen molar-refractivity contribution in [2.24, 2.45) is 11.5 Å². The topological polar surface area (TPSA) is 104 Å². The highest BCUT2D eigenvalue weighted by atomic mass is 14.7. The first-order valence-electron chi connectivity index (χ1n) is 4.49. The molecule has 0 aliphatic heterocycles. The van der Waals surface area contributed by atoms with Crippen LogP contribution < -0.4 is 22.9 Å². The van der Waals surface area contributed by atoms with E-state index in [0.29, 0.717) is 22.8 Å². The molecule has 0 fully saturated rings. The van der Waals surface area contributed by atoms with Gasteiger partial charge in [-0.15, -0.1) is 0 Å². The summed E-state index contributed by atoms with van der Waals surface area (Å²) in [6.07, 6.45) is 1.73. The molecule has 0 amide bonds. The minimum Gasteiger partial charge on any atom is -0.398 e. The summed E-state index contributed by atoms with van der Waals surface area (Å²) in [6, 6.07) is 3.56. The zero-order chi connectivity index (χ0) is 11.6. The molecule has 15 heavy (non-hydrogen) atoms. The monoisotopic (exact) mass is 204 g/mol. The Bertz CT molecular complexity index is 432. The van der Waals surface area contributed by atoms with Crippen LogP contribution >= 0.6 is 0 Å². The van der Waals surface area contributed by atoms with Crippen LogP contribution in [0.1, 0.15) is 11.1 Å². The molecule has 1 rings (SSSR count). The van der Waals surface area contributed by atoms with E-state index in [-0.39, 0.29) is 0 Å². The first-order chi connectivity index (χ1) is 6.91. The fourth-order valence-corrected chi connectivity index (χ4v) is 1.18. The fraction of sp³-hybridized carbons (Fsp3) is 0.0909. The van der Waals surface area contributed by atoms with Crippen LogP contribution in [0.15, 0.2) is 30.1 Å². The fourth-order valence-electron chi connectivity index (χ4n) is 1.18. The molecule has 1 aromatic rings. The second-order valence-corrected chi connectivity index (χ2v) is 3.46. The predicted octanol–water partition coefficient (Wildman–Crippen LogP) is 0.931. The molecule has 1 aromatic carbocycles. The van der Waals surface area contributed by atoms with Crippen LogP contribution in [0.25, 0.3) is 6.08 Å². The van der Waals surface area contributed by atoms with Crippen LogP contribution in [0.2, 0.25) is 0 Å². The summed E-state index contributed by atoms with van der Waals surface area (Å²) in [7, 11) is 0. The summed E-state index contributed by atoms with van der Waals surface area (Å²) < 4.78 is 0. The van der Waals surface area contributed by atoms with Crippen molar-refractivity contribution >= 4 is 17.5 Å². The molecule has 8 N–H and O–H groups in total. The molecular formula is C11H16N4. The van der Waals surface area contributed by atoms with Gasteiger partial charge in [0.25, 0.3) is 0 Å². The Morgan fingerprint density at radius 2 is 1.73 bits per heavy atom. The van der Waals surface area contributed by atoms with Crippen molar-refractivity contribution in [2.45, 2.75) is 6.92 Å². The van der Waals surface area contributed by atoms with Crippen molar-refractivity contribution in [3.63, 3.8) is 0 Å². The average Bonchev–Trinajstić information content (AvgIpc) is 2.13. The van der Waals surface area contributed by atoms with Crippen LogP contribution in [0.4, 0.5) is 11.4 Å². The standard InChI is InChI=1S/C11H16N4/c1-6-3-10(14)11(15)5-8(6)4-9(13)7(2)12/h3-5H,2,12-15H2,1H3/b9-4+. The third-order valence-electron chi connectivity index (χ3n) is 2.15. The average molecular weight is 204 g/mol. The molecule has 0 aliphatic rings. The van der Waals surface area contributed by atoms with Gasteiger partial charge in [-0.25, -0.2) is 0 Å². The molecule has 0 saturated heterocycles. The molecule has 80 valence electrons. The molecule has 0 bridgehead atoms. The predicted molar refractivity (Wildman–Crippen MR) is 65.5 cm³/mol. The van der Waals surface area contributed by atoms with Gasteiger partial charge >= 0.3 is 0 Å². The molecule has 0 radical (unpaired) electrons. The lowest BCUT2D eigenvalue weighted by atomic mass is 10.0. The maximum absolute atomic E-state index is 5.69. The Kier molecular flexibility index (Phi) is 2.90. The molecular weight excluding hydrogens is 188 g/mol. The van der Waals surface area contributed by atoms with Gasteiger partial charge in [0.1, 0.15) is 0 Å². The third-order valence-corrected chi connectivity index (χ3v) is 2.15. The molecule has 0 spiro atoms. The van der Waals surface area contributed by atoms with E-state index in [1.165, 1.54) is 0 Å². The van der Waals surface area contributed by atoms with Gasteiger partial charge in [-0.3, -0.25) is 0 Å². The van der Waals surface area contributed by atoms with Gasteiger partial charge in [0.15, 0.2) is 0 Å². The lowest BCUT2D eigenvalue weighted by molar-refractivity contribution is 1.27. The van der Waals surface area contributed by atoms with Gasteiger partial charge < -0.3 is 22.9 Å². The lowest BCUT2D eigenvalue weighted by Gasteiger charge is -2.07. The lowest BCUT2D eigenvalue weighted by Crippen LogP contribution is -2.07. The van der Waals surface area contributed by atoms with E-state index in [1.807, 2.05) is 6.92 Å². The smallest absolute Gasteiger partial charge is 0.0554 e. The maximum Gasteiger partial charge on any atom is 0.0554 e. The summed E-state index contributed by atoms with van der Waals surface area (Å²) in [6.45, 7) is 5.47. The summed E-state index contributed by atoms with van der Waals surface area (Å²) in [5.74, 6) is 0. The summed E-state index contributed by atoms with van der Waals surface area (Å²) in [5, 5.41) is 0. The zero-order valence-electron chi connectivity index (χ0n) is 8.75. The van der Waals surface area contributed by atoms with Gasteiger partial charge in [-0.05, 0) is 36.3 Å². The van der Waals surface area contributed by atoms with Crippen molar-refractivity contribution in [1.82, 2.24) is 0 Å². The highest BCUT2D eigenvalue weighted by Crippen LogP contribution is 2.22. The van der Waals surface area contributed by atoms with Crippen LogP contribution in [-0.2, 0) is 0 Å². The third kappa shape index (κ3) is 2.43. The van der Waals surface area contributed by atoms with E-state index >= 15 is 0 Å². The van der Waals surface area contributed by atoms with E-state index in [1.54, 1.807) is 18.2 Å². The molecule has 0 aromatic heterocycles. The minimum absolute atomic E-state index is 0.338. The molecule has 0 unspecified atom stereocenters. The largest absolute Gasteiger partial charge is 0.398 e. The van der Waals surface area contributed by atoms with E-state index in [9.17, 15) is 0 Å². The Balaban J connectivity index is 3.22. The highest BCUT2D eigenvalue weighted by molar-refractivity contribution is 5.72. The van der Waals surface area contributed by atoms with E-state index in [2.05, 4.69) is 6.58 Å². The first-order valence-corrected chi connectivity index (χ1v) is 4.49. The first kappa shape index (κ1) is 11.0. The number of rotatable bonds is 2. The number of aryl methyl sites for hydroxylation is 1. The van der Waals surface area contributed by atoms with Gasteiger partial charge in [-0.2, -0.15) is 0 Å². The van der Waals surface area contributed by atoms with Crippen molar-refractivity contribution in [3.8, 4) is 0 Å². The molecule has 4 nitrogen and oxygen atoms in total. The molecule has 0 aliphatic carbocycles. The Labute approximate surface area is 89.2 Å². The Hall–Kier alpha value is -2.10. The summed E-state index contributed by atoms with van der Waals surface area (Å²) in [5.41, 5.74) is 26.2. The van der Waals surface area contributed by atoms with E-state index in [4.69, 9.17) is 22.9 Å². The molecule has 0 saturated carbocycles. The van der Waals surface area contributed by atoms with Crippen molar-refractivity contribution in [2.75, 3.05) is 11.5 Å². The maximum atomic E-state index is 5.69. The van der Waals surface area contributed by atoms with Gasteiger partial charge in [-0.1, -0.05) is 6.58 Å². The van der Waals surface area contributed by atoms with Crippen LogP contribution in [0.3, 0.4) is 0 Å². The quantitative estimate of drug-likeness (QED) is 0.425.